The van der Waals surface area contributed by atoms with Crippen molar-refractivity contribution in [1.82, 2.24) is 19.6 Å². The Labute approximate surface area is 130 Å². The molecule has 0 fully saturated rings. The Bertz CT molecular complexity index is 576. The summed E-state index contributed by atoms with van der Waals surface area (Å²) < 4.78 is 15.9. The smallest absolute Gasteiger partial charge is 0.109 e. The van der Waals surface area contributed by atoms with Gasteiger partial charge in [0.15, 0.2) is 0 Å². The molecule has 0 amide bonds. The third-order valence-corrected chi connectivity index (χ3v) is 3.28. The van der Waals surface area contributed by atoms with E-state index in [1.54, 1.807) is 4.68 Å². The van der Waals surface area contributed by atoms with Gasteiger partial charge in [0.05, 0.1) is 23.6 Å². The molecule has 0 aliphatic heterocycles. The van der Waals surface area contributed by atoms with Crippen LogP contribution >= 0.6 is 12.4 Å². The topological polar surface area (TPSA) is 47.7 Å². The van der Waals surface area contributed by atoms with Crippen LogP contribution in [-0.2, 0) is 13.1 Å². The number of hydrogen-bond acceptors (Lipinski definition) is 3. The van der Waals surface area contributed by atoms with Gasteiger partial charge in [0.1, 0.15) is 6.67 Å². The van der Waals surface area contributed by atoms with Gasteiger partial charge in [0, 0.05) is 30.5 Å². The van der Waals surface area contributed by atoms with Crippen LogP contribution in [-0.4, -0.2) is 26.2 Å². The van der Waals surface area contributed by atoms with Crippen molar-refractivity contribution in [3.63, 3.8) is 0 Å². The summed E-state index contributed by atoms with van der Waals surface area (Å²) in [5.74, 6) is 0. The largest absolute Gasteiger partial charge is 0.378 e. The number of halogens is 2. The number of hydrogen-bond donors (Lipinski definition) is 1. The van der Waals surface area contributed by atoms with Gasteiger partial charge < -0.3 is 5.32 Å². The van der Waals surface area contributed by atoms with Gasteiger partial charge in [-0.3, -0.25) is 9.36 Å². The fourth-order valence-corrected chi connectivity index (χ4v) is 2.04. The lowest BCUT2D eigenvalue weighted by Crippen LogP contribution is -2.01. The molecule has 1 N–H and O–H groups in total. The van der Waals surface area contributed by atoms with Crippen LogP contribution in [0.15, 0.2) is 12.4 Å². The van der Waals surface area contributed by atoms with Gasteiger partial charge in [0.2, 0.25) is 0 Å². The van der Waals surface area contributed by atoms with Crippen molar-refractivity contribution in [3.05, 3.63) is 29.3 Å². The predicted molar refractivity (Wildman–Crippen MR) is 84.9 cm³/mol. The molecular formula is C14H23ClFN5. The normalized spacial score (nSPS) is 10.8. The molecular weight excluding hydrogens is 293 g/mol. The van der Waals surface area contributed by atoms with E-state index in [0.717, 1.165) is 22.6 Å². The van der Waals surface area contributed by atoms with E-state index in [-0.39, 0.29) is 12.4 Å². The van der Waals surface area contributed by atoms with Crippen molar-refractivity contribution in [2.45, 2.75) is 46.8 Å². The minimum atomic E-state index is -0.402. The van der Waals surface area contributed by atoms with Crippen LogP contribution in [0.3, 0.4) is 0 Å². The lowest BCUT2D eigenvalue weighted by Gasteiger charge is -2.04. The number of nitrogens with one attached hydrogen (secondary N) is 1. The van der Waals surface area contributed by atoms with Crippen LogP contribution in [0, 0.1) is 13.8 Å². The number of nitrogens with zero attached hydrogens (tertiary/aromatic N) is 4. The van der Waals surface area contributed by atoms with E-state index in [9.17, 15) is 4.39 Å². The molecule has 118 valence electrons. The standard InChI is InChI=1S/C14H22FN5.ClH/c1-10(2)20-8-13(11(3)18-20)7-16-14-9-19(6-5-15)17-12(14)4;/h8-10,16H,5-7H2,1-4H3;1H. The molecule has 2 heterocycles. The van der Waals surface area contributed by atoms with Crippen LogP contribution in [0.1, 0.15) is 36.8 Å². The quantitative estimate of drug-likeness (QED) is 0.890. The highest BCUT2D eigenvalue weighted by molar-refractivity contribution is 5.85. The summed E-state index contributed by atoms with van der Waals surface area (Å²) in [5.41, 5.74) is 4.01. The van der Waals surface area contributed by atoms with Crippen LogP contribution in [0.4, 0.5) is 10.1 Å². The average molecular weight is 316 g/mol. The van der Waals surface area contributed by atoms with Gasteiger partial charge in [-0.05, 0) is 27.7 Å². The number of alkyl halides is 1. The molecule has 0 aliphatic carbocycles. The molecule has 0 saturated carbocycles. The fourth-order valence-electron chi connectivity index (χ4n) is 2.04. The zero-order chi connectivity index (χ0) is 14.7. The molecule has 7 heteroatoms. The Hall–Kier alpha value is -1.56. The molecule has 0 aromatic carbocycles. The van der Waals surface area contributed by atoms with E-state index >= 15 is 0 Å². The van der Waals surface area contributed by atoms with Crippen LogP contribution in [0.25, 0.3) is 0 Å². The zero-order valence-corrected chi connectivity index (χ0v) is 13.7. The summed E-state index contributed by atoms with van der Waals surface area (Å²) in [6.45, 7) is 8.73. The van der Waals surface area contributed by atoms with Crippen LogP contribution in [0.5, 0.6) is 0 Å². The van der Waals surface area contributed by atoms with Gasteiger partial charge in [-0.15, -0.1) is 12.4 Å². The molecule has 21 heavy (non-hydrogen) atoms. The summed E-state index contributed by atoms with van der Waals surface area (Å²) in [6.07, 6.45) is 3.91. The van der Waals surface area contributed by atoms with Crippen molar-refractivity contribution in [2.24, 2.45) is 0 Å². The van der Waals surface area contributed by atoms with Gasteiger partial charge in [-0.25, -0.2) is 4.39 Å². The minimum Gasteiger partial charge on any atom is -0.378 e. The lowest BCUT2D eigenvalue weighted by molar-refractivity contribution is 0.426. The Morgan fingerprint density at radius 1 is 1.19 bits per heavy atom. The van der Waals surface area contributed by atoms with Gasteiger partial charge in [-0.1, -0.05) is 0 Å². The fraction of sp³-hybridized carbons (Fsp3) is 0.571. The first kappa shape index (κ1) is 17.5. The summed E-state index contributed by atoms with van der Waals surface area (Å²) >= 11 is 0. The Morgan fingerprint density at radius 2 is 1.90 bits per heavy atom. The van der Waals surface area contributed by atoms with Gasteiger partial charge in [-0.2, -0.15) is 10.2 Å². The predicted octanol–water partition coefficient (Wildman–Crippen LogP) is 3.28. The first-order valence-corrected chi connectivity index (χ1v) is 6.89. The van der Waals surface area contributed by atoms with E-state index in [1.165, 1.54) is 0 Å². The lowest BCUT2D eigenvalue weighted by atomic mass is 10.2. The number of aromatic nitrogens is 4. The minimum absolute atomic E-state index is 0. The van der Waals surface area contributed by atoms with E-state index in [2.05, 4.69) is 35.6 Å². The van der Waals surface area contributed by atoms with Gasteiger partial charge >= 0.3 is 0 Å². The molecule has 0 radical (unpaired) electrons. The van der Waals surface area contributed by atoms with Crippen molar-refractivity contribution in [1.29, 1.82) is 0 Å². The van der Waals surface area contributed by atoms with Crippen molar-refractivity contribution < 1.29 is 4.39 Å². The first-order chi connectivity index (χ1) is 9.51. The highest BCUT2D eigenvalue weighted by Crippen LogP contribution is 2.16. The highest BCUT2D eigenvalue weighted by Gasteiger charge is 2.09. The Morgan fingerprint density at radius 3 is 2.48 bits per heavy atom. The molecule has 0 atom stereocenters. The van der Waals surface area contributed by atoms with Crippen molar-refractivity contribution in [3.8, 4) is 0 Å². The highest BCUT2D eigenvalue weighted by atomic mass is 35.5. The zero-order valence-electron chi connectivity index (χ0n) is 12.9. The molecule has 2 aromatic heterocycles. The molecule has 0 spiro atoms. The van der Waals surface area contributed by atoms with E-state index in [0.29, 0.717) is 19.1 Å². The van der Waals surface area contributed by atoms with E-state index < -0.39 is 6.67 Å². The third kappa shape index (κ3) is 4.20. The Kier molecular flexibility index (Phi) is 6.20. The third-order valence-electron chi connectivity index (χ3n) is 3.28. The van der Waals surface area contributed by atoms with E-state index in [4.69, 9.17) is 0 Å². The number of rotatable bonds is 6. The second kappa shape index (κ2) is 7.45. The van der Waals surface area contributed by atoms with Gasteiger partial charge in [0.25, 0.3) is 0 Å². The molecule has 2 aromatic rings. The summed E-state index contributed by atoms with van der Waals surface area (Å²) in [4.78, 5) is 0. The molecule has 0 bridgehead atoms. The maximum atomic E-state index is 12.3. The second-order valence-electron chi connectivity index (χ2n) is 5.25. The molecule has 0 saturated heterocycles. The molecule has 2 rings (SSSR count). The molecule has 5 nitrogen and oxygen atoms in total. The maximum Gasteiger partial charge on any atom is 0.109 e. The maximum absolute atomic E-state index is 12.3. The summed E-state index contributed by atoms with van der Waals surface area (Å²) in [5, 5.41) is 12.1. The van der Waals surface area contributed by atoms with Crippen molar-refractivity contribution >= 4 is 18.1 Å². The second-order valence-corrected chi connectivity index (χ2v) is 5.25. The monoisotopic (exact) mass is 315 g/mol. The summed E-state index contributed by atoms with van der Waals surface area (Å²) in [7, 11) is 0. The van der Waals surface area contributed by atoms with E-state index in [1.807, 2.05) is 24.7 Å². The number of anilines is 1. The van der Waals surface area contributed by atoms with Crippen LogP contribution < -0.4 is 5.32 Å². The Balaban J connectivity index is 0.00000220. The SMILES string of the molecule is Cc1nn(C(C)C)cc1CNc1cn(CCF)nc1C.Cl. The number of aryl methyl sites for hydroxylation is 3. The summed E-state index contributed by atoms with van der Waals surface area (Å²) in [6, 6.07) is 0.358. The average Bonchev–Trinajstić information content (AvgIpc) is 2.91. The van der Waals surface area contributed by atoms with Crippen molar-refractivity contribution in [2.75, 3.05) is 12.0 Å². The first-order valence-electron chi connectivity index (χ1n) is 6.89. The van der Waals surface area contributed by atoms with Crippen LogP contribution in [0.2, 0.25) is 0 Å². The molecule has 0 aliphatic rings. The molecule has 0 unspecified atom stereocenters.